The lowest BCUT2D eigenvalue weighted by Gasteiger charge is -2.15. The fraction of sp³-hybridized carbons (Fsp3) is 0.316. The summed E-state index contributed by atoms with van der Waals surface area (Å²) in [7, 11) is -0.205. The third-order valence-corrected chi connectivity index (χ3v) is 6.17. The van der Waals surface area contributed by atoms with E-state index in [-0.39, 0.29) is 17.3 Å². The number of hydrogen-bond acceptors (Lipinski definition) is 4. The second kappa shape index (κ2) is 8.28. The van der Waals surface area contributed by atoms with Crippen LogP contribution in [0.25, 0.3) is 11.0 Å². The molecule has 28 heavy (non-hydrogen) atoms. The predicted octanol–water partition coefficient (Wildman–Crippen LogP) is 2.86. The number of imidazole rings is 1. The van der Waals surface area contributed by atoms with Crippen molar-refractivity contribution in [3.63, 3.8) is 0 Å². The van der Waals surface area contributed by atoms with Crippen molar-refractivity contribution in [1.82, 2.24) is 9.13 Å². The van der Waals surface area contributed by atoms with Gasteiger partial charge in [-0.3, -0.25) is 13.9 Å². The van der Waals surface area contributed by atoms with E-state index in [0.29, 0.717) is 35.4 Å². The van der Waals surface area contributed by atoms with Gasteiger partial charge in [0.15, 0.2) is 0 Å². The van der Waals surface area contributed by atoms with E-state index in [1.807, 2.05) is 30.3 Å². The van der Waals surface area contributed by atoms with Gasteiger partial charge in [0.1, 0.15) is 0 Å². The van der Waals surface area contributed by atoms with Crippen LogP contribution in [0.4, 0.5) is 11.4 Å². The molecular weight excluding hydrogens is 400 g/mol. The van der Waals surface area contributed by atoms with Gasteiger partial charge in [0, 0.05) is 26.5 Å². The first-order valence-corrected chi connectivity index (χ1v) is 11.0. The van der Waals surface area contributed by atoms with E-state index in [9.17, 15) is 13.2 Å². The lowest BCUT2D eigenvalue weighted by atomic mass is 10.2. The second-order valence-electron chi connectivity index (χ2n) is 6.59. The summed E-state index contributed by atoms with van der Waals surface area (Å²) in [5.74, 6) is 0.201. The van der Waals surface area contributed by atoms with E-state index in [1.165, 1.54) is 9.13 Å². The van der Waals surface area contributed by atoms with Crippen molar-refractivity contribution in [2.24, 2.45) is 14.1 Å². The first-order chi connectivity index (χ1) is 13.3. The molecule has 0 fully saturated rings. The molecule has 150 valence electrons. The standard InChI is InChI=1S/C19H23ClN4O3S/c1-23-17-11-15(21-13-14-7-4-3-5-8-14)16(12-18(17)24(2)19(23)25)22-28(26,27)10-6-9-20/h3-5,7-8,11-12,21-22H,6,9-10,13H2,1-2H3. The van der Waals surface area contributed by atoms with E-state index >= 15 is 0 Å². The van der Waals surface area contributed by atoms with Gasteiger partial charge >= 0.3 is 5.69 Å². The molecule has 3 rings (SSSR count). The third-order valence-electron chi connectivity index (χ3n) is 4.55. The fourth-order valence-electron chi connectivity index (χ4n) is 3.03. The summed E-state index contributed by atoms with van der Waals surface area (Å²) in [5, 5.41) is 3.28. The van der Waals surface area contributed by atoms with Crippen LogP contribution in [-0.4, -0.2) is 29.2 Å². The molecule has 2 aromatic carbocycles. The van der Waals surface area contributed by atoms with E-state index in [0.717, 1.165) is 5.56 Å². The Hall–Kier alpha value is -2.45. The van der Waals surface area contributed by atoms with Crippen molar-refractivity contribution in [3.8, 4) is 0 Å². The number of hydrogen-bond donors (Lipinski definition) is 2. The maximum absolute atomic E-state index is 12.4. The Morgan fingerprint density at radius 2 is 1.61 bits per heavy atom. The first-order valence-electron chi connectivity index (χ1n) is 8.86. The molecule has 0 bridgehead atoms. The Labute approximate surface area is 169 Å². The molecule has 0 aliphatic rings. The number of benzene rings is 2. The Balaban J connectivity index is 2.02. The van der Waals surface area contributed by atoms with Gasteiger partial charge in [0.2, 0.25) is 10.0 Å². The average molecular weight is 423 g/mol. The van der Waals surface area contributed by atoms with E-state index in [4.69, 9.17) is 11.6 Å². The molecule has 0 aliphatic heterocycles. The number of alkyl halides is 1. The number of nitrogens with zero attached hydrogens (tertiary/aromatic N) is 2. The van der Waals surface area contributed by atoms with Crippen molar-refractivity contribution in [3.05, 3.63) is 58.5 Å². The molecule has 0 unspecified atom stereocenters. The lowest BCUT2D eigenvalue weighted by Crippen LogP contribution is -2.19. The van der Waals surface area contributed by atoms with Crippen LogP contribution in [-0.2, 0) is 30.7 Å². The van der Waals surface area contributed by atoms with Crippen LogP contribution in [0, 0.1) is 0 Å². The molecule has 7 nitrogen and oxygen atoms in total. The van der Waals surface area contributed by atoms with E-state index in [1.54, 1.807) is 26.2 Å². The number of nitrogens with one attached hydrogen (secondary N) is 2. The van der Waals surface area contributed by atoms with Crippen LogP contribution < -0.4 is 15.7 Å². The molecule has 1 aromatic heterocycles. The topological polar surface area (TPSA) is 85.1 Å². The SMILES string of the molecule is Cn1c(=O)n(C)c2cc(NS(=O)(=O)CCCCl)c(NCc3ccccc3)cc21. The molecule has 2 N–H and O–H groups in total. The average Bonchev–Trinajstić information content (AvgIpc) is 2.89. The molecule has 0 aliphatic carbocycles. The molecular formula is C19H23ClN4O3S. The summed E-state index contributed by atoms with van der Waals surface area (Å²) in [6.45, 7) is 0.517. The van der Waals surface area contributed by atoms with Gasteiger partial charge in [0.05, 0.1) is 28.2 Å². The predicted molar refractivity (Wildman–Crippen MR) is 115 cm³/mol. The van der Waals surface area contributed by atoms with Crippen molar-refractivity contribution < 1.29 is 8.42 Å². The number of rotatable bonds is 8. The van der Waals surface area contributed by atoms with Gasteiger partial charge in [-0.2, -0.15) is 0 Å². The number of fused-ring (bicyclic) bond motifs is 1. The van der Waals surface area contributed by atoms with Gasteiger partial charge in [-0.25, -0.2) is 13.2 Å². The summed E-state index contributed by atoms with van der Waals surface area (Å²) in [4.78, 5) is 12.3. The fourth-order valence-corrected chi connectivity index (χ4v) is 4.45. The molecule has 9 heteroatoms. The van der Waals surface area contributed by atoms with Crippen LogP contribution in [0.5, 0.6) is 0 Å². The second-order valence-corrected chi connectivity index (χ2v) is 8.81. The minimum absolute atomic E-state index is 0.0691. The Kier molecular flexibility index (Phi) is 6.00. The summed E-state index contributed by atoms with van der Waals surface area (Å²) in [6.07, 6.45) is 0.357. The molecule has 0 radical (unpaired) electrons. The van der Waals surface area contributed by atoms with Gasteiger partial charge in [-0.1, -0.05) is 30.3 Å². The number of anilines is 2. The van der Waals surface area contributed by atoms with E-state index < -0.39 is 10.0 Å². The summed E-state index contributed by atoms with van der Waals surface area (Å²) < 4.78 is 30.5. The molecule has 0 amide bonds. The van der Waals surface area contributed by atoms with E-state index in [2.05, 4.69) is 10.0 Å². The third kappa shape index (κ3) is 4.34. The zero-order valence-electron chi connectivity index (χ0n) is 15.8. The van der Waals surface area contributed by atoms with Crippen LogP contribution in [0.2, 0.25) is 0 Å². The van der Waals surface area contributed by atoms with Gasteiger partial charge in [-0.05, 0) is 24.1 Å². The first kappa shape index (κ1) is 20.3. The minimum Gasteiger partial charge on any atom is -0.379 e. The normalized spacial score (nSPS) is 11.7. The smallest absolute Gasteiger partial charge is 0.328 e. The molecule has 0 saturated heterocycles. The van der Waals surface area contributed by atoms with Crippen molar-refractivity contribution in [1.29, 1.82) is 0 Å². The minimum atomic E-state index is -3.56. The van der Waals surface area contributed by atoms with Crippen LogP contribution in [0.3, 0.4) is 0 Å². The van der Waals surface area contributed by atoms with Gasteiger partial charge in [-0.15, -0.1) is 11.6 Å². The van der Waals surface area contributed by atoms with Crippen molar-refractivity contribution >= 4 is 44.0 Å². The largest absolute Gasteiger partial charge is 0.379 e. The molecule has 3 aromatic rings. The monoisotopic (exact) mass is 422 g/mol. The lowest BCUT2D eigenvalue weighted by molar-refractivity contribution is 0.600. The van der Waals surface area contributed by atoms with Crippen molar-refractivity contribution in [2.45, 2.75) is 13.0 Å². The highest BCUT2D eigenvalue weighted by Gasteiger charge is 2.17. The maximum Gasteiger partial charge on any atom is 0.328 e. The van der Waals surface area contributed by atoms with Crippen molar-refractivity contribution in [2.75, 3.05) is 21.7 Å². The van der Waals surface area contributed by atoms with Gasteiger partial charge in [0.25, 0.3) is 0 Å². The van der Waals surface area contributed by atoms with Crippen LogP contribution in [0.1, 0.15) is 12.0 Å². The van der Waals surface area contributed by atoms with Gasteiger partial charge < -0.3 is 5.32 Å². The summed E-state index contributed by atoms with van der Waals surface area (Å²) >= 11 is 5.63. The molecule has 0 atom stereocenters. The van der Waals surface area contributed by atoms with Crippen LogP contribution in [0.15, 0.2) is 47.3 Å². The quantitative estimate of drug-likeness (QED) is 0.546. The molecule has 0 spiro atoms. The number of aromatic nitrogens is 2. The summed E-state index contributed by atoms with van der Waals surface area (Å²) in [6, 6.07) is 13.3. The zero-order valence-corrected chi connectivity index (χ0v) is 17.3. The Bertz CT molecular complexity index is 1140. The summed E-state index contributed by atoms with van der Waals surface area (Å²) in [5.41, 5.74) is 3.25. The highest BCUT2D eigenvalue weighted by molar-refractivity contribution is 7.92. The number of aryl methyl sites for hydroxylation is 2. The zero-order chi connectivity index (χ0) is 20.3. The molecule has 1 heterocycles. The Morgan fingerprint density at radius 3 is 2.21 bits per heavy atom. The molecule has 0 saturated carbocycles. The van der Waals surface area contributed by atoms with Crippen LogP contribution >= 0.6 is 11.6 Å². The highest BCUT2D eigenvalue weighted by atomic mass is 35.5. The highest BCUT2D eigenvalue weighted by Crippen LogP contribution is 2.29. The number of sulfonamides is 1. The number of halogens is 1. The maximum atomic E-state index is 12.4. The Morgan fingerprint density at radius 1 is 1.00 bits per heavy atom.